The zero-order valence-corrected chi connectivity index (χ0v) is 21.1. The summed E-state index contributed by atoms with van der Waals surface area (Å²) in [6.45, 7) is 9.45. The number of anilines is 3. The number of halogens is 2. The molecule has 1 aromatic heterocycles. The number of nitrogens with two attached hydrogens (primary N) is 1. The first-order chi connectivity index (χ1) is 15.2. The Morgan fingerprint density at radius 3 is 2.31 bits per heavy atom. The van der Waals surface area contributed by atoms with Gasteiger partial charge in [0.2, 0.25) is 6.41 Å². The maximum atomic E-state index is 8.94. The fourth-order valence-corrected chi connectivity index (χ4v) is 2.25. The number of nitrogens with one attached hydrogen (secondary N) is 3. The lowest BCUT2D eigenvalue weighted by atomic mass is 10.3. The first-order valence-corrected chi connectivity index (χ1v) is 10.7. The number of terminal acetylenes is 1. The summed E-state index contributed by atoms with van der Waals surface area (Å²) in [5.74, 6) is 7.94. The molecule has 0 unspecified atom stereocenters. The van der Waals surface area contributed by atoms with Crippen molar-refractivity contribution in [1.29, 1.82) is 0 Å². The summed E-state index contributed by atoms with van der Waals surface area (Å²) in [5, 5.41) is 15.4. The van der Waals surface area contributed by atoms with Crippen molar-refractivity contribution in [3.63, 3.8) is 0 Å². The van der Waals surface area contributed by atoms with Gasteiger partial charge in [0, 0.05) is 5.70 Å². The summed E-state index contributed by atoms with van der Waals surface area (Å²) in [6.07, 6.45) is 9.03. The van der Waals surface area contributed by atoms with E-state index in [-0.39, 0.29) is 0 Å². The van der Waals surface area contributed by atoms with Crippen LogP contribution in [0.2, 0.25) is 10.0 Å². The number of allylic oxidation sites excluding steroid dienone is 3. The molecule has 0 aliphatic heterocycles. The number of benzene rings is 1. The van der Waals surface area contributed by atoms with Gasteiger partial charge in [-0.3, -0.25) is 10.2 Å². The number of amides is 1. The molecule has 0 atom stereocenters. The van der Waals surface area contributed by atoms with E-state index in [0.29, 0.717) is 33.8 Å². The van der Waals surface area contributed by atoms with Crippen molar-refractivity contribution in [2.45, 2.75) is 41.0 Å². The van der Waals surface area contributed by atoms with E-state index in [1.54, 1.807) is 18.4 Å². The van der Waals surface area contributed by atoms with Crippen LogP contribution in [0, 0.1) is 12.3 Å². The molecule has 8 nitrogen and oxygen atoms in total. The Labute approximate surface area is 204 Å². The first-order valence-electron chi connectivity index (χ1n) is 9.26. The van der Waals surface area contributed by atoms with Crippen LogP contribution in [-0.2, 0) is 4.79 Å². The van der Waals surface area contributed by atoms with Crippen LogP contribution in [0.3, 0.4) is 0 Å². The van der Waals surface area contributed by atoms with Gasteiger partial charge in [0.1, 0.15) is 0 Å². The van der Waals surface area contributed by atoms with Gasteiger partial charge in [0.25, 0.3) is 0 Å². The zero-order valence-electron chi connectivity index (χ0n) is 18.7. The largest absolute Gasteiger partial charge is 0.516 e. The van der Waals surface area contributed by atoms with Crippen molar-refractivity contribution in [1.82, 2.24) is 14.2 Å². The molecule has 0 spiro atoms. The van der Waals surface area contributed by atoms with Gasteiger partial charge < -0.3 is 15.7 Å². The maximum Gasteiger partial charge on any atom is 0.221 e. The lowest BCUT2D eigenvalue weighted by Gasteiger charge is -2.09. The quantitative estimate of drug-likeness (QED) is 0.0818. The standard InChI is InChI=1S/C12H12Cl2N4S.C5H10O.C3H4.CH4N2O/c1-3-7(2)15-11-12(18-19-17-11)16-9-6-4-5-8(13)10(9)14;1-3-5(2)4-6;1-3-2;2-3-1-4/h3-6H,1-2H3,(H,15,17)(H,16,18);4,6H,3H2,1-2H3;1H,2H3;1H,2H2,(H,3,4)/b7-3+;5-4-;;. The van der Waals surface area contributed by atoms with E-state index in [4.69, 9.17) is 33.1 Å². The molecule has 1 amide bonds. The molecule has 0 saturated heterocycles. The summed E-state index contributed by atoms with van der Waals surface area (Å²) < 4.78 is 8.39. The summed E-state index contributed by atoms with van der Waals surface area (Å²) in [4.78, 5) is 8.94. The molecule has 6 N–H and O–H groups in total. The van der Waals surface area contributed by atoms with Crippen LogP contribution in [0.4, 0.5) is 17.3 Å². The summed E-state index contributed by atoms with van der Waals surface area (Å²) >= 11 is 13.2. The Morgan fingerprint density at radius 2 is 1.88 bits per heavy atom. The van der Waals surface area contributed by atoms with Crippen molar-refractivity contribution < 1.29 is 9.90 Å². The van der Waals surface area contributed by atoms with Gasteiger partial charge in [-0.15, -0.1) is 12.3 Å². The third kappa shape index (κ3) is 14.3. The van der Waals surface area contributed by atoms with Crippen LogP contribution in [0.25, 0.3) is 0 Å². The fraction of sp³-hybridized carbons (Fsp3) is 0.286. The Bertz CT molecular complexity index is 895. The molecule has 0 aliphatic carbocycles. The Balaban J connectivity index is 0. The summed E-state index contributed by atoms with van der Waals surface area (Å²) in [7, 11) is 0. The Morgan fingerprint density at radius 1 is 1.31 bits per heavy atom. The van der Waals surface area contributed by atoms with E-state index in [9.17, 15) is 0 Å². The van der Waals surface area contributed by atoms with E-state index >= 15 is 0 Å². The van der Waals surface area contributed by atoms with E-state index in [1.807, 2.05) is 45.9 Å². The minimum atomic E-state index is 0.403. The van der Waals surface area contributed by atoms with Gasteiger partial charge >= 0.3 is 0 Å². The third-order valence-corrected chi connectivity index (χ3v) is 4.64. The van der Waals surface area contributed by atoms with Crippen molar-refractivity contribution in [3.8, 4) is 12.3 Å². The molecule has 1 aromatic carbocycles. The highest BCUT2D eigenvalue weighted by Crippen LogP contribution is 2.33. The molecule has 11 heteroatoms. The maximum absolute atomic E-state index is 8.94. The van der Waals surface area contributed by atoms with Crippen molar-refractivity contribution in [2.24, 2.45) is 5.84 Å². The molecule has 2 aromatic rings. The second kappa shape index (κ2) is 20.2. The molecule has 32 heavy (non-hydrogen) atoms. The summed E-state index contributed by atoms with van der Waals surface area (Å²) in [6, 6.07) is 5.39. The number of carbonyl (C=O) groups excluding carboxylic acids is 1. The minimum absolute atomic E-state index is 0.403. The number of hydrogen-bond donors (Lipinski definition) is 5. The monoisotopic (exact) mass is 500 g/mol. The topological polar surface area (TPSA) is 125 Å². The second-order valence-corrected chi connectivity index (χ2v) is 7.00. The van der Waals surface area contributed by atoms with E-state index in [0.717, 1.165) is 35.7 Å². The van der Waals surface area contributed by atoms with Gasteiger partial charge in [-0.2, -0.15) is 8.75 Å². The van der Waals surface area contributed by atoms with Crippen LogP contribution in [0.15, 0.2) is 41.8 Å². The predicted molar refractivity (Wildman–Crippen MR) is 137 cm³/mol. The molecular weight excluding hydrogens is 471 g/mol. The highest BCUT2D eigenvalue weighted by atomic mass is 35.5. The smallest absolute Gasteiger partial charge is 0.221 e. The molecule has 0 fully saturated rings. The number of nitrogens with zero attached hydrogens (tertiary/aromatic N) is 2. The van der Waals surface area contributed by atoms with E-state index in [1.165, 1.54) is 0 Å². The third-order valence-electron chi connectivity index (χ3n) is 3.29. The van der Waals surface area contributed by atoms with E-state index < -0.39 is 0 Å². The van der Waals surface area contributed by atoms with Crippen LogP contribution in [0.5, 0.6) is 0 Å². The SMILES string of the molecule is C#CC.C/C=C(\C)Nc1nsnc1Nc1cccc(Cl)c1Cl.CC/C(C)=C\O.NNC=O. The molecule has 2 rings (SSSR count). The lowest BCUT2D eigenvalue weighted by Crippen LogP contribution is -2.18. The molecule has 0 aliphatic rings. The highest BCUT2D eigenvalue weighted by Gasteiger charge is 2.11. The number of hydrazine groups is 1. The summed E-state index contributed by atoms with van der Waals surface area (Å²) in [5.41, 5.74) is 4.46. The van der Waals surface area contributed by atoms with Crippen molar-refractivity contribution >= 4 is 58.7 Å². The van der Waals surface area contributed by atoms with E-state index in [2.05, 4.69) is 37.6 Å². The highest BCUT2D eigenvalue weighted by molar-refractivity contribution is 6.99. The molecule has 176 valence electrons. The van der Waals surface area contributed by atoms with Crippen molar-refractivity contribution in [2.75, 3.05) is 10.6 Å². The first kappa shape index (κ1) is 31.4. The van der Waals surface area contributed by atoms with Crippen LogP contribution < -0.4 is 21.9 Å². The minimum Gasteiger partial charge on any atom is -0.516 e. The Hall–Kier alpha value is -2.77. The predicted octanol–water partition coefficient (Wildman–Crippen LogP) is 6.03. The second-order valence-electron chi connectivity index (χ2n) is 5.69. The molecule has 0 saturated carbocycles. The number of hydrogen-bond acceptors (Lipinski definition) is 8. The number of rotatable bonds is 6. The average Bonchev–Trinajstić information content (AvgIpc) is 3.23. The Kier molecular flexibility index (Phi) is 19.8. The fourth-order valence-electron chi connectivity index (χ4n) is 1.43. The normalized spacial score (nSPS) is 9.97. The van der Waals surface area contributed by atoms with Gasteiger partial charge in [0.15, 0.2) is 11.6 Å². The van der Waals surface area contributed by atoms with Crippen LogP contribution in [-0.4, -0.2) is 20.3 Å². The molecule has 0 radical (unpaired) electrons. The number of aliphatic hydroxyl groups excluding tert-OH is 1. The van der Waals surface area contributed by atoms with Gasteiger partial charge in [-0.1, -0.05) is 42.3 Å². The number of carbonyl (C=O) groups is 1. The zero-order chi connectivity index (χ0) is 24.9. The number of aliphatic hydroxyl groups is 1. The van der Waals surface area contributed by atoms with Gasteiger partial charge in [-0.25, -0.2) is 5.84 Å². The van der Waals surface area contributed by atoms with Crippen molar-refractivity contribution in [3.05, 3.63) is 51.9 Å². The number of aromatic nitrogens is 2. The molecular formula is C21H30Cl2N6O2S. The van der Waals surface area contributed by atoms with Gasteiger partial charge in [0.05, 0.1) is 33.7 Å². The lowest BCUT2D eigenvalue weighted by molar-refractivity contribution is -0.109. The van der Waals surface area contributed by atoms with Gasteiger partial charge in [-0.05, 0) is 51.8 Å². The van der Waals surface area contributed by atoms with Crippen LogP contribution in [0.1, 0.15) is 41.0 Å². The van der Waals surface area contributed by atoms with Crippen LogP contribution >= 0.6 is 34.9 Å². The molecule has 1 heterocycles. The average molecular weight is 501 g/mol. The molecule has 0 bridgehead atoms.